The number of hydrogen-bond acceptors (Lipinski definition) is 4. The van der Waals surface area contributed by atoms with Gasteiger partial charge < -0.3 is 24.6 Å². The van der Waals surface area contributed by atoms with Crippen LogP contribution in [0.25, 0.3) is 0 Å². The number of nitrogens with zero attached hydrogens (tertiary/aromatic N) is 3. The Morgan fingerprint density at radius 1 is 1.20 bits per heavy atom. The van der Waals surface area contributed by atoms with Crippen LogP contribution in [-0.2, 0) is 4.79 Å². The molecule has 1 saturated heterocycles. The summed E-state index contributed by atoms with van der Waals surface area (Å²) in [5.74, 6) is 2.56. The molecule has 1 amide bonds. The highest BCUT2D eigenvalue weighted by atomic mass is 16.6. The lowest BCUT2D eigenvalue weighted by Crippen LogP contribution is -2.53. The Morgan fingerprint density at radius 2 is 1.88 bits per heavy atom. The van der Waals surface area contributed by atoms with E-state index in [-0.39, 0.29) is 12.0 Å². The third-order valence-corrected chi connectivity index (χ3v) is 4.37. The molecule has 0 aliphatic carbocycles. The van der Waals surface area contributed by atoms with Crippen LogP contribution in [0.15, 0.2) is 29.3 Å². The maximum atomic E-state index is 11.5. The molecule has 0 radical (unpaired) electrons. The van der Waals surface area contributed by atoms with Crippen molar-refractivity contribution in [3.63, 3.8) is 0 Å². The molecule has 1 N–H and O–H groups in total. The van der Waals surface area contributed by atoms with Crippen molar-refractivity contribution in [1.82, 2.24) is 15.1 Å². The second-order valence-electron chi connectivity index (χ2n) is 6.19. The van der Waals surface area contributed by atoms with Crippen LogP contribution in [-0.4, -0.2) is 73.6 Å². The summed E-state index contributed by atoms with van der Waals surface area (Å²) >= 11 is 0. The van der Waals surface area contributed by atoms with Gasteiger partial charge in [-0.1, -0.05) is 12.1 Å². The van der Waals surface area contributed by atoms with Crippen LogP contribution >= 0.6 is 0 Å². The second-order valence-corrected chi connectivity index (χ2v) is 6.19. The van der Waals surface area contributed by atoms with Gasteiger partial charge in [-0.25, -0.2) is 4.99 Å². The van der Waals surface area contributed by atoms with E-state index in [9.17, 15) is 4.79 Å². The van der Waals surface area contributed by atoms with Gasteiger partial charge >= 0.3 is 0 Å². The van der Waals surface area contributed by atoms with Crippen molar-refractivity contribution in [2.45, 2.75) is 20.0 Å². The van der Waals surface area contributed by atoms with Crippen LogP contribution in [0.4, 0.5) is 0 Å². The number of fused-ring (bicyclic) bond motifs is 1. The topological polar surface area (TPSA) is 66.4 Å². The minimum Gasteiger partial charge on any atom is -0.486 e. The molecule has 2 aliphatic rings. The Hall–Kier alpha value is -2.44. The molecule has 0 saturated carbocycles. The lowest BCUT2D eigenvalue weighted by Gasteiger charge is -2.36. The van der Waals surface area contributed by atoms with Gasteiger partial charge in [-0.05, 0) is 19.1 Å². The SMILES string of the molecule is CCNC(=NCC1COc2ccccc2O1)N1CCN(C(C)=O)CC1. The van der Waals surface area contributed by atoms with Gasteiger partial charge in [0.05, 0.1) is 6.54 Å². The number of rotatable bonds is 3. The summed E-state index contributed by atoms with van der Waals surface area (Å²) in [6.07, 6.45) is -0.0953. The van der Waals surface area contributed by atoms with Crippen LogP contribution in [0.5, 0.6) is 11.5 Å². The lowest BCUT2D eigenvalue weighted by molar-refractivity contribution is -0.130. The molecule has 0 aromatic heterocycles. The van der Waals surface area contributed by atoms with E-state index in [4.69, 9.17) is 14.5 Å². The van der Waals surface area contributed by atoms with E-state index in [0.717, 1.165) is 50.2 Å². The molecule has 1 aromatic rings. The van der Waals surface area contributed by atoms with Crippen molar-refractivity contribution in [3.05, 3.63) is 24.3 Å². The van der Waals surface area contributed by atoms with Gasteiger partial charge in [0, 0.05) is 39.6 Å². The number of piperazine rings is 1. The number of guanidine groups is 1. The van der Waals surface area contributed by atoms with Gasteiger partial charge in [-0.3, -0.25) is 4.79 Å². The van der Waals surface area contributed by atoms with Crippen molar-refractivity contribution >= 4 is 11.9 Å². The molecule has 1 unspecified atom stereocenters. The van der Waals surface area contributed by atoms with Crippen LogP contribution in [0, 0.1) is 0 Å². The first-order valence-corrected chi connectivity index (χ1v) is 8.84. The highest BCUT2D eigenvalue weighted by Crippen LogP contribution is 2.30. The predicted octanol–water partition coefficient (Wildman–Crippen LogP) is 0.956. The van der Waals surface area contributed by atoms with Crippen LogP contribution in [0.2, 0.25) is 0 Å². The number of carbonyl (C=O) groups is 1. The molecule has 7 heteroatoms. The molecule has 2 heterocycles. The molecule has 2 aliphatic heterocycles. The highest BCUT2D eigenvalue weighted by Gasteiger charge is 2.23. The van der Waals surface area contributed by atoms with Crippen molar-refractivity contribution in [1.29, 1.82) is 0 Å². The third kappa shape index (κ3) is 4.35. The van der Waals surface area contributed by atoms with Gasteiger partial charge in [0.15, 0.2) is 23.6 Å². The van der Waals surface area contributed by atoms with E-state index in [2.05, 4.69) is 17.1 Å². The summed E-state index contributed by atoms with van der Waals surface area (Å²) in [6, 6.07) is 7.70. The van der Waals surface area contributed by atoms with E-state index in [0.29, 0.717) is 13.2 Å². The number of para-hydroxylation sites is 2. The van der Waals surface area contributed by atoms with Crippen LogP contribution in [0.3, 0.4) is 0 Å². The maximum Gasteiger partial charge on any atom is 0.219 e. The molecule has 136 valence electrons. The number of nitrogens with one attached hydrogen (secondary N) is 1. The maximum absolute atomic E-state index is 11.5. The fourth-order valence-corrected chi connectivity index (χ4v) is 3.00. The summed E-state index contributed by atoms with van der Waals surface area (Å²) in [6.45, 7) is 8.54. The third-order valence-electron chi connectivity index (χ3n) is 4.37. The smallest absolute Gasteiger partial charge is 0.219 e. The van der Waals surface area contributed by atoms with E-state index in [1.54, 1.807) is 6.92 Å². The van der Waals surface area contributed by atoms with Gasteiger partial charge in [0.1, 0.15) is 6.61 Å². The predicted molar refractivity (Wildman–Crippen MR) is 96.2 cm³/mol. The van der Waals surface area contributed by atoms with Crippen LogP contribution < -0.4 is 14.8 Å². The van der Waals surface area contributed by atoms with E-state index >= 15 is 0 Å². The number of carbonyl (C=O) groups excluding carboxylic acids is 1. The normalized spacial score (nSPS) is 20.4. The fraction of sp³-hybridized carbons (Fsp3) is 0.556. The Kier molecular flexibility index (Phi) is 5.63. The average Bonchev–Trinajstić information content (AvgIpc) is 2.65. The number of benzene rings is 1. The molecule has 25 heavy (non-hydrogen) atoms. The average molecular weight is 346 g/mol. The Bertz CT molecular complexity index is 627. The van der Waals surface area contributed by atoms with Gasteiger partial charge in [0.2, 0.25) is 5.91 Å². The van der Waals surface area contributed by atoms with Crippen molar-refractivity contribution in [3.8, 4) is 11.5 Å². The van der Waals surface area contributed by atoms with E-state index < -0.39 is 0 Å². The number of aliphatic imine (C=N–C) groups is 1. The van der Waals surface area contributed by atoms with Crippen molar-refractivity contribution < 1.29 is 14.3 Å². The van der Waals surface area contributed by atoms with Gasteiger partial charge in [0.25, 0.3) is 0 Å². The minimum atomic E-state index is -0.0953. The Morgan fingerprint density at radius 3 is 2.56 bits per heavy atom. The van der Waals surface area contributed by atoms with Crippen LogP contribution in [0.1, 0.15) is 13.8 Å². The summed E-state index contributed by atoms with van der Waals surface area (Å²) in [7, 11) is 0. The van der Waals surface area contributed by atoms with Gasteiger partial charge in [-0.15, -0.1) is 0 Å². The highest BCUT2D eigenvalue weighted by molar-refractivity contribution is 5.80. The lowest BCUT2D eigenvalue weighted by atomic mass is 10.2. The summed E-state index contributed by atoms with van der Waals surface area (Å²) in [5, 5.41) is 3.33. The first kappa shape index (κ1) is 17.4. The zero-order valence-corrected chi connectivity index (χ0v) is 14.9. The molecular formula is C18H26N4O3. The monoisotopic (exact) mass is 346 g/mol. The molecular weight excluding hydrogens is 320 g/mol. The van der Waals surface area contributed by atoms with E-state index in [1.807, 2.05) is 29.2 Å². The van der Waals surface area contributed by atoms with Crippen molar-refractivity contribution in [2.24, 2.45) is 4.99 Å². The zero-order valence-electron chi connectivity index (χ0n) is 14.9. The summed E-state index contributed by atoms with van der Waals surface area (Å²) < 4.78 is 11.7. The molecule has 1 fully saturated rings. The largest absolute Gasteiger partial charge is 0.486 e. The molecule has 7 nitrogen and oxygen atoms in total. The first-order chi connectivity index (χ1) is 12.2. The minimum absolute atomic E-state index is 0.0953. The first-order valence-electron chi connectivity index (χ1n) is 8.84. The fourth-order valence-electron chi connectivity index (χ4n) is 3.00. The molecule has 0 spiro atoms. The van der Waals surface area contributed by atoms with Gasteiger partial charge in [-0.2, -0.15) is 0 Å². The number of hydrogen-bond donors (Lipinski definition) is 1. The molecule has 0 bridgehead atoms. The zero-order chi connectivity index (χ0) is 17.6. The molecule has 1 aromatic carbocycles. The number of amides is 1. The summed E-state index contributed by atoms with van der Waals surface area (Å²) in [5.41, 5.74) is 0. The quantitative estimate of drug-likeness (QED) is 0.652. The number of ether oxygens (including phenoxy) is 2. The van der Waals surface area contributed by atoms with E-state index in [1.165, 1.54) is 0 Å². The molecule has 1 atom stereocenters. The Balaban J connectivity index is 1.59. The van der Waals surface area contributed by atoms with Crippen molar-refractivity contribution in [2.75, 3.05) is 45.9 Å². The standard InChI is InChI=1S/C18H26N4O3/c1-3-19-18(22-10-8-21(9-11-22)14(2)23)20-12-15-13-24-16-6-4-5-7-17(16)25-15/h4-7,15H,3,8-13H2,1-2H3,(H,19,20). The molecule has 3 rings (SSSR count). The second kappa shape index (κ2) is 8.09. The summed E-state index contributed by atoms with van der Waals surface area (Å²) in [4.78, 5) is 20.3. The Labute approximate surface area is 148 Å².